The van der Waals surface area contributed by atoms with Crippen molar-refractivity contribution in [3.8, 4) is 0 Å². The summed E-state index contributed by atoms with van der Waals surface area (Å²) < 4.78 is 11.9. The van der Waals surface area contributed by atoms with Gasteiger partial charge in [0, 0.05) is 6.61 Å². The number of hydrogen-bond donors (Lipinski definition) is 0. The van der Waals surface area contributed by atoms with E-state index >= 15 is 0 Å². The van der Waals surface area contributed by atoms with E-state index in [4.69, 9.17) is 9.47 Å². The fourth-order valence-electron chi connectivity index (χ4n) is 2.45. The summed E-state index contributed by atoms with van der Waals surface area (Å²) in [5, 5.41) is 0. The summed E-state index contributed by atoms with van der Waals surface area (Å²) in [7, 11) is 0. The van der Waals surface area contributed by atoms with Crippen LogP contribution in [0.15, 0.2) is 0 Å². The molecule has 2 unspecified atom stereocenters. The first-order valence-electron chi connectivity index (χ1n) is 6.19. The molecule has 2 nitrogen and oxygen atoms in total. The molecule has 1 aliphatic heterocycles. The van der Waals surface area contributed by atoms with E-state index in [2.05, 4.69) is 22.6 Å². The van der Waals surface area contributed by atoms with Crippen molar-refractivity contribution < 1.29 is 9.47 Å². The van der Waals surface area contributed by atoms with E-state index in [1.807, 2.05) is 0 Å². The first-order valence-corrected chi connectivity index (χ1v) is 7.44. The second-order valence-corrected chi connectivity index (χ2v) is 6.38. The Morgan fingerprint density at radius 3 is 2.40 bits per heavy atom. The van der Waals surface area contributed by atoms with Crippen molar-refractivity contribution >= 4 is 22.6 Å². The highest BCUT2D eigenvalue weighted by atomic mass is 127. The molecule has 2 fully saturated rings. The smallest absolute Gasteiger partial charge is 0.0948 e. The Hall–Kier alpha value is 0.650. The van der Waals surface area contributed by atoms with Crippen LogP contribution in [-0.4, -0.2) is 29.8 Å². The van der Waals surface area contributed by atoms with Crippen molar-refractivity contribution in [2.75, 3.05) is 19.8 Å². The average molecular weight is 324 g/mol. The zero-order chi connectivity index (χ0) is 10.5. The Morgan fingerprint density at radius 2 is 1.80 bits per heavy atom. The van der Waals surface area contributed by atoms with E-state index < -0.39 is 0 Å². The van der Waals surface area contributed by atoms with Gasteiger partial charge in [-0.25, -0.2) is 0 Å². The summed E-state index contributed by atoms with van der Waals surface area (Å²) in [6.45, 7) is 2.64. The lowest BCUT2D eigenvalue weighted by molar-refractivity contribution is 0.0218. The Morgan fingerprint density at radius 1 is 1.07 bits per heavy atom. The van der Waals surface area contributed by atoms with Gasteiger partial charge in [-0.3, -0.25) is 0 Å². The summed E-state index contributed by atoms with van der Waals surface area (Å²) in [5.41, 5.74) is 0. The first-order chi connectivity index (χ1) is 7.36. The summed E-state index contributed by atoms with van der Waals surface area (Å²) in [4.78, 5) is 0. The van der Waals surface area contributed by atoms with Crippen molar-refractivity contribution in [1.82, 2.24) is 0 Å². The molecule has 3 heteroatoms. The van der Waals surface area contributed by atoms with Crippen LogP contribution in [0.25, 0.3) is 0 Å². The quantitative estimate of drug-likeness (QED) is 0.451. The van der Waals surface area contributed by atoms with Crippen LogP contribution in [0.3, 0.4) is 0 Å². The van der Waals surface area contributed by atoms with Crippen molar-refractivity contribution in [1.29, 1.82) is 0 Å². The van der Waals surface area contributed by atoms with Gasteiger partial charge in [-0.05, 0) is 18.8 Å². The molecular formula is C12H21IO2. The maximum absolute atomic E-state index is 5.98. The fourth-order valence-corrected chi connectivity index (χ4v) is 3.12. The predicted molar refractivity (Wildman–Crippen MR) is 69.6 cm³/mol. The maximum Gasteiger partial charge on any atom is 0.0948 e. The van der Waals surface area contributed by atoms with E-state index in [1.54, 1.807) is 0 Å². The minimum absolute atomic E-state index is 0.355. The van der Waals surface area contributed by atoms with Crippen molar-refractivity contribution in [3.63, 3.8) is 0 Å². The molecule has 0 N–H and O–H groups in total. The van der Waals surface area contributed by atoms with Gasteiger partial charge in [0.1, 0.15) is 0 Å². The van der Waals surface area contributed by atoms with Crippen LogP contribution in [0.4, 0.5) is 0 Å². The number of halogens is 1. The van der Waals surface area contributed by atoms with Gasteiger partial charge in [0.15, 0.2) is 0 Å². The van der Waals surface area contributed by atoms with Crippen LogP contribution in [0, 0.1) is 5.92 Å². The Labute approximate surface area is 106 Å². The van der Waals surface area contributed by atoms with Gasteiger partial charge in [0.05, 0.1) is 23.2 Å². The minimum Gasteiger partial charge on any atom is -0.378 e. The lowest BCUT2D eigenvalue weighted by atomic mass is 10.0. The number of alkyl halides is 1. The Balaban J connectivity index is 1.67. The van der Waals surface area contributed by atoms with Crippen LogP contribution < -0.4 is 0 Å². The number of hydrogen-bond acceptors (Lipinski definition) is 2. The fraction of sp³-hybridized carbons (Fsp3) is 1.00. The highest BCUT2D eigenvalue weighted by molar-refractivity contribution is 14.1. The second-order valence-electron chi connectivity index (χ2n) is 4.78. The maximum atomic E-state index is 5.98. The third-order valence-electron chi connectivity index (χ3n) is 3.48. The van der Waals surface area contributed by atoms with Crippen LogP contribution in [0.5, 0.6) is 0 Å². The number of rotatable bonds is 3. The van der Waals surface area contributed by atoms with Gasteiger partial charge < -0.3 is 9.47 Å². The van der Waals surface area contributed by atoms with E-state index in [9.17, 15) is 0 Å². The zero-order valence-corrected chi connectivity index (χ0v) is 11.4. The molecule has 2 aliphatic rings. The van der Waals surface area contributed by atoms with Crippen molar-refractivity contribution in [3.05, 3.63) is 0 Å². The van der Waals surface area contributed by atoms with E-state index in [0.717, 1.165) is 25.7 Å². The first kappa shape index (κ1) is 12.1. The largest absolute Gasteiger partial charge is 0.378 e. The molecule has 0 aromatic heterocycles. The molecular weight excluding hydrogens is 303 g/mol. The zero-order valence-electron chi connectivity index (χ0n) is 9.29. The van der Waals surface area contributed by atoms with Crippen LogP contribution in [0.1, 0.15) is 38.5 Å². The molecule has 1 heterocycles. The van der Waals surface area contributed by atoms with Gasteiger partial charge in [0.2, 0.25) is 0 Å². The Bertz CT molecular complexity index is 178. The lowest BCUT2D eigenvalue weighted by Gasteiger charge is -2.19. The molecule has 2 atom stereocenters. The molecule has 0 aromatic rings. The molecule has 0 bridgehead atoms. The van der Waals surface area contributed by atoms with Gasteiger partial charge in [-0.15, -0.1) is 0 Å². The molecule has 1 saturated carbocycles. The van der Waals surface area contributed by atoms with Gasteiger partial charge in [-0.2, -0.15) is 0 Å². The average Bonchev–Trinajstić information content (AvgIpc) is 2.53. The summed E-state index contributed by atoms with van der Waals surface area (Å²) in [5.74, 6) is 0.816. The van der Waals surface area contributed by atoms with Gasteiger partial charge in [-0.1, -0.05) is 48.3 Å². The monoisotopic (exact) mass is 324 g/mol. The summed E-state index contributed by atoms with van der Waals surface area (Å²) >= 11 is 2.45. The lowest BCUT2D eigenvalue weighted by Crippen LogP contribution is -2.25. The van der Waals surface area contributed by atoms with Gasteiger partial charge >= 0.3 is 0 Å². The molecule has 2 rings (SSSR count). The van der Waals surface area contributed by atoms with E-state index in [0.29, 0.717) is 10.0 Å². The molecule has 1 aliphatic carbocycles. The third-order valence-corrected chi connectivity index (χ3v) is 4.65. The predicted octanol–water partition coefficient (Wildman–Crippen LogP) is 3.18. The third kappa shape index (κ3) is 3.86. The van der Waals surface area contributed by atoms with Crippen LogP contribution in [0.2, 0.25) is 0 Å². The molecule has 88 valence electrons. The van der Waals surface area contributed by atoms with Gasteiger partial charge in [0.25, 0.3) is 0 Å². The molecule has 0 aromatic carbocycles. The molecule has 0 amide bonds. The highest BCUT2D eigenvalue weighted by Gasteiger charge is 2.27. The highest BCUT2D eigenvalue weighted by Crippen LogP contribution is 2.25. The molecule has 0 radical (unpaired) electrons. The van der Waals surface area contributed by atoms with Crippen molar-refractivity contribution in [2.45, 2.75) is 48.6 Å². The topological polar surface area (TPSA) is 18.5 Å². The second kappa shape index (κ2) is 6.40. The summed E-state index contributed by atoms with van der Waals surface area (Å²) in [6.07, 6.45) is 8.77. The SMILES string of the molecule is IC1COCC1OCC1CCCCCC1. The molecule has 1 saturated heterocycles. The van der Waals surface area contributed by atoms with Crippen LogP contribution >= 0.6 is 22.6 Å². The standard InChI is InChI=1S/C12H21IO2/c13-11-8-14-9-12(11)15-7-10-5-3-1-2-4-6-10/h10-12H,1-9H2. The summed E-state index contributed by atoms with van der Waals surface area (Å²) in [6, 6.07) is 0. The van der Waals surface area contributed by atoms with E-state index in [1.165, 1.54) is 38.5 Å². The van der Waals surface area contributed by atoms with E-state index in [-0.39, 0.29) is 0 Å². The normalized spacial score (nSPS) is 34.2. The molecule has 15 heavy (non-hydrogen) atoms. The number of ether oxygens (including phenoxy) is 2. The van der Waals surface area contributed by atoms with Crippen molar-refractivity contribution in [2.24, 2.45) is 5.92 Å². The molecule has 0 spiro atoms. The van der Waals surface area contributed by atoms with Crippen LogP contribution in [-0.2, 0) is 9.47 Å². The minimum atomic E-state index is 0.355. The Kier molecular flexibility index (Phi) is 5.17.